The average molecular weight is 315 g/mol. The summed E-state index contributed by atoms with van der Waals surface area (Å²) in [5.41, 5.74) is 2.02. The number of allylic oxidation sites excluding steroid dienone is 1. The third kappa shape index (κ3) is 7.85. The molecule has 2 N–H and O–H groups in total. The van der Waals surface area contributed by atoms with Gasteiger partial charge < -0.3 is 10.1 Å². The minimum absolute atomic E-state index is 0.487. The molecule has 0 atom stereocenters. The molecule has 0 spiro atoms. The molecule has 124 valence electrons. The fraction of sp³-hybridized carbons (Fsp3) is 0.333. The van der Waals surface area contributed by atoms with Gasteiger partial charge in [0.15, 0.2) is 0 Å². The van der Waals surface area contributed by atoms with E-state index in [0.29, 0.717) is 11.5 Å². The molecule has 0 unspecified atom stereocenters. The number of carbonyl (C=O) groups is 1. The van der Waals surface area contributed by atoms with Gasteiger partial charge in [-0.2, -0.15) is 0 Å². The van der Waals surface area contributed by atoms with Crippen LogP contribution in [0.3, 0.4) is 0 Å². The van der Waals surface area contributed by atoms with E-state index in [0.717, 1.165) is 11.3 Å². The number of benzene rings is 1. The van der Waals surface area contributed by atoms with Crippen molar-refractivity contribution in [3.8, 4) is 0 Å². The third-order valence-corrected chi connectivity index (χ3v) is 2.44. The number of amides is 1. The fourth-order valence-electron chi connectivity index (χ4n) is 1.72. The zero-order valence-corrected chi connectivity index (χ0v) is 14.4. The van der Waals surface area contributed by atoms with Crippen LogP contribution in [0.5, 0.6) is 0 Å². The number of aliphatic imine (C=N–C) groups is 1. The van der Waals surface area contributed by atoms with Crippen LogP contribution in [0.4, 0.5) is 16.2 Å². The summed E-state index contributed by atoms with van der Waals surface area (Å²) in [5, 5.41) is 5.89. The second kappa shape index (κ2) is 8.17. The van der Waals surface area contributed by atoms with Crippen LogP contribution in [-0.2, 0) is 4.74 Å². The first-order chi connectivity index (χ1) is 10.7. The summed E-state index contributed by atoms with van der Waals surface area (Å²) in [6, 6.07) is 7.32. The first-order valence-electron chi connectivity index (χ1n) is 7.40. The van der Waals surface area contributed by atoms with Gasteiger partial charge in [0.25, 0.3) is 0 Å². The van der Waals surface area contributed by atoms with Crippen molar-refractivity contribution in [3.63, 3.8) is 0 Å². The third-order valence-electron chi connectivity index (χ3n) is 2.44. The van der Waals surface area contributed by atoms with E-state index < -0.39 is 11.7 Å². The Morgan fingerprint density at radius 3 is 2.35 bits per heavy atom. The Bertz CT molecular complexity index is 621. The highest BCUT2D eigenvalue weighted by Gasteiger charge is 2.16. The number of carbonyl (C=O) groups excluding carboxylic acids is 1. The Morgan fingerprint density at radius 2 is 1.83 bits per heavy atom. The highest BCUT2D eigenvalue weighted by molar-refractivity contribution is 6.04. The lowest BCUT2D eigenvalue weighted by Gasteiger charge is -2.19. The number of ether oxygens (including phenoxy) is 1. The van der Waals surface area contributed by atoms with Crippen LogP contribution in [0, 0.1) is 0 Å². The Morgan fingerprint density at radius 1 is 1.22 bits per heavy atom. The number of hydrogen-bond donors (Lipinski definition) is 2. The maximum Gasteiger partial charge on any atom is 0.412 e. The first-order valence-corrected chi connectivity index (χ1v) is 7.40. The highest BCUT2D eigenvalue weighted by atomic mass is 16.6. The molecule has 0 radical (unpaired) electrons. The predicted molar refractivity (Wildman–Crippen MR) is 97.0 cm³/mol. The summed E-state index contributed by atoms with van der Waals surface area (Å²) in [6.45, 7) is 13.0. The molecule has 0 aliphatic rings. The molecule has 0 aromatic heterocycles. The summed E-state index contributed by atoms with van der Waals surface area (Å²) in [5.74, 6) is 0.675. The molecule has 5 nitrogen and oxygen atoms in total. The van der Waals surface area contributed by atoms with Gasteiger partial charge in [-0.1, -0.05) is 18.2 Å². The standard InChI is InChI=1S/C18H25N3O2/c1-7-19-16(11-13(2)3)20-14-9-8-10-15(12-14)21-17(22)23-18(4,5)6/h7-12H,1H2,2-6H3,(H,19,20)(H,21,22). The van der Waals surface area contributed by atoms with Crippen molar-refractivity contribution in [2.75, 3.05) is 10.6 Å². The summed E-state index contributed by atoms with van der Waals surface area (Å²) >= 11 is 0. The quantitative estimate of drug-likeness (QED) is 0.610. The molecule has 1 aromatic rings. The highest BCUT2D eigenvalue weighted by Crippen LogP contribution is 2.17. The van der Waals surface area contributed by atoms with Crippen molar-refractivity contribution in [1.29, 1.82) is 0 Å². The second-order valence-corrected chi connectivity index (χ2v) is 6.25. The van der Waals surface area contributed by atoms with Gasteiger partial charge in [0.1, 0.15) is 11.4 Å². The zero-order valence-electron chi connectivity index (χ0n) is 14.4. The molecule has 0 saturated heterocycles. The van der Waals surface area contributed by atoms with Crippen LogP contribution in [-0.4, -0.2) is 17.5 Å². The summed E-state index contributed by atoms with van der Waals surface area (Å²) in [4.78, 5) is 16.0. The van der Waals surface area contributed by atoms with Gasteiger partial charge in [-0.3, -0.25) is 5.32 Å². The van der Waals surface area contributed by atoms with Gasteiger partial charge in [-0.25, -0.2) is 9.79 Å². The molecule has 1 aromatic carbocycles. The van der Waals surface area contributed by atoms with E-state index in [2.05, 4.69) is 22.2 Å². The Kier molecular flexibility index (Phi) is 6.57. The number of anilines is 2. The van der Waals surface area contributed by atoms with Gasteiger partial charge in [-0.05, 0) is 58.9 Å². The van der Waals surface area contributed by atoms with Gasteiger partial charge in [0.05, 0.1) is 0 Å². The normalized spacial score (nSPS) is 11.4. The molecule has 0 bridgehead atoms. The molecule has 5 heteroatoms. The number of rotatable bonds is 4. The van der Waals surface area contributed by atoms with Crippen LogP contribution < -0.4 is 10.6 Å². The molecular formula is C18H25N3O2. The number of nitrogens with zero attached hydrogens (tertiary/aromatic N) is 1. The van der Waals surface area contributed by atoms with E-state index in [1.165, 1.54) is 6.20 Å². The van der Waals surface area contributed by atoms with Gasteiger partial charge in [-0.15, -0.1) is 0 Å². The number of amidine groups is 1. The van der Waals surface area contributed by atoms with Gasteiger partial charge in [0.2, 0.25) is 0 Å². The Labute approximate surface area is 138 Å². The van der Waals surface area contributed by atoms with Crippen molar-refractivity contribution < 1.29 is 9.53 Å². The van der Waals surface area contributed by atoms with E-state index in [1.54, 1.807) is 12.1 Å². The van der Waals surface area contributed by atoms with Crippen molar-refractivity contribution >= 4 is 23.3 Å². The lowest BCUT2D eigenvalue weighted by Crippen LogP contribution is -2.27. The van der Waals surface area contributed by atoms with Crippen LogP contribution in [0.25, 0.3) is 0 Å². The van der Waals surface area contributed by atoms with E-state index in [4.69, 9.17) is 4.74 Å². The van der Waals surface area contributed by atoms with E-state index in [9.17, 15) is 4.79 Å². The van der Waals surface area contributed by atoms with Crippen LogP contribution in [0.1, 0.15) is 34.6 Å². The summed E-state index contributed by atoms with van der Waals surface area (Å²) in [6.07, 6.45) is 2.90. The lowest BCUT2D eigenvalue weighted by molar-refractivity contribution is 0.0636. The maximum atomic E-state index is 11.8. The van der Waals surface area contributed by atoms with Gasteiger partial charge in [0, 0.05) is 17.6 Å². The fourth-order valence-corrected chi connectivity index (χ4v) is 1.72. The van der Waals surface area contributed by atoms with Crippen LogP contribution >= 0.6 is 0 Å². The number of hydrogen-bond acceptors (Lipinski definition) is 3. The zero-order chi connectivity index (χ0) is 17.5. The topological polar surface area (TPSA) is 62.7 Å². The maximum absolute atomic E-state index is 11.8. The van der Waals surface area contributed by atoms with E-state index >= 15 is 0 Å². The summed E-state index contributed by atoms with van der Waals surface area (Å²) in [7, 11) is 0. The average Bonchev–Trinajstić information content (AvgIpc) is 2.36. The smallest absolute Gasteiger partial charge is 0.412 e. The molecule has 0 saturated carbocycles. The predicted octanol–water partition coefficient (Wildman–Crippen LogP) is 4.95. The molecule has 0 aliphatic carbocycles. The minimum Gasteiger partial charge on any atom is -0.444 e. The summed E-state index contributed by atoms with van der Waals surface area (Å²) < 4.78 is 5.24. The lowest BCUT2D eigenvalue weighted by atomic mass is 10.2. The van der Waals surface area contributed by atoms with Crippen molar-refractivity contribution in [1.82, 2.24) is 0 Å². The number of nitrogens with one attached hydrogen (secondary N) is 2. The molecule has 0 fully saturated rings. The van der Waals surface area contributed by atoms with Crippen LogP contribution in [0.2, 0.25) is 0 Å². The second-order valence-electron chi connectivity index (χ2n) is 6.25. The minimum atomic E-state index is -0.535. The van der Waals surface area contributed by atoms with Crippen molar-refractivity contribution in [3.05, 3.63) is 48.7 Å². The Balaban J connectivity index is 2.84. The molecule has 1 amide bonds. The largest absolute Gasteiger partial charge is 0.444 e. The van der Waals surface area contributed by atoms with Gasteiger partial charge >= 0.3 is 6.09 Å². The Hall–Kier alpha value is -2.56. The van der Waals surface area contributed by atoms with Crippen LogP contribution in [0.15, 0.2) is 53.7 Å². The molecule has 0 heterocycles. The van der Waals surface area contributed by atoms with Crippen molar-refractivity contribution in [2.45, 2.75) is 40.2 Å². The molecular weight excluding hydrogens is 290 g/mol. The molecule has 23 heavy (non-hydrogen) atoms. The first kappa shape index (κ1) is 18.5. The van der Waals surface area contributed by atoms with Crippen molar-refractivity contribution in [2.24, 2.45) is 4.99 Å². The molecule has 1 rings (SSSR count). The van der Waals surface area contributed by atoms with E-state index in [1.807, 2.05) is 52.8 Å². The molecule has 0 aliphatic heterocycles. The SMILES string of the molecule is C=CN=C(C=C(C)C)Nc1cccc(NC(=O)OC(C)(C)C)c1. The monoisotopic (exact) mass is 315 g/mol. The van der Waals surface area contributed by atoms with E-state index in [-0.39, 0.29) is 0 Å².